The summed E-state index contributed by atoms with van der Waals surface area (Å²) in [5.41, 5.74) is 1.07. The van der Waals surface area contributed by atoms with Gasteiger partial charge in [-0.2, -0.15) is 0 Å². The molecule has 3 nitrogen and oxygen atoms in total. The van der Waals surface area contributed by atoms with Crippen LogP contribution in [-0.2, 0) is 10.6 Å². The number of hydrogen-bond acceptors (Lipinski definition) is 3. The SMILES string of the molecule is COCCN(c1ncc(Br)cc1CCl)C(C)C1CC1. The molecule has 0 amide bonds. The normalized spacial score (nSPS) is 16.4. The lowest BCUT2D eigenvalue weighted by Gasteiger charge is -2.31. The number of pyridine rings is 1. The van der Waals surface area contributed by atoms with Gasteiger partial charge in [-0.05, 0) is 47.7 Å². The Morgan fingerprint density at radius 3 is 2.89 bits per heavy atom. The molecule has 1 aliphatic carbocycles. The number of methoxy groups -OCH3 is 1. The predicted molar refractivity (Wildman–Crippen MR) is 82.9 cm³/mol. The highest BCUT2D eigenvalue weighted by Gasteiger charge is 2.33. The number of alkyl halides is 1. The van der Waals surface area contributed by atoms with Crippen LogP contribution in [0.3, 0.4) is 0 Å². The number of ether oxygens (including phenoxy) is 1. The van der Waals surface area contributed by atoms with E-state index in [4.69, 9.17) is 16.3 Å². The number of anilines is 1. The first-order chi connectivity index (χ1) is 9.17. The van der Waals surface area contributed by atoms with Crippen LogP contribution >= 0.6 is 27.5 Å². The second kappa shape index (κ2) is 6.91. The van der Waals surface area contributed by atoms with Crippen molar-refractivity contribution < 1.29 is 4.74 Å². The van der Waals surface area contributed by atoms with E-state index in [0.717, 1.165) is 28.3 Å². The lowest BCUT2D eigenvalue weighted by atomic mass is 10.1. The highest BCUT2D eigenvalue weighted by Crippen LogP contribution is 2.37. The standard InChI is InChI=1S/C14H20BrClN2O/c1-10(11-3-4-11)18(5-6-19-2)14-12(8-16)7-13(15)9-17-14/h7,9-11H,3-6,8H2,1-2H3. The Morgan fingerprint density at radius 1 is 1.58 bits per heavy atom. The van der Waals surface area contributed by atoms with Crippen molar-refractivity contribution in [2.45, 2.75) is 31.7 Å². The Labute approximate surface area is 128 Å². The van der Waals surface area contributed by atoms with E-state index in [1.807, 2.05) is 6.20 Å². The summed E-state index contributed by atoms with van der Waals surface area (Å²) >= 11 is 9.52. The molecular weight excluding hydrogens is 328 g/mol. The Morgan fingerprint density at radius 2 is 2.32 bits per heavy atom. The molecule has 1 fully saturated rings. The van der Waals surface area contributed by atoms with Crippen molar-refractivity contribution in [2.75, 3.05) is 25.2 Å². The monoisotopic (exact) mass is 346 g/mol. The van der Waals surface area contributed by atoms with E-state index in [2.05, 4.69) is 38.8 Å². The predicted octanol–water partition coefficient (Wildman–Crippen LogP) is 3.83. The van der Waals surface area contributed by atoms with Gasteiger partial charge in [0.2, 0.25) is 0 Å². The van der Waals surface area contributed by atoms with E-state index in [1.54, 1.807) is 7.11 Å². The number of rotatable bonds is 7. The second-order valence-electron chi connectivity index (χ2n) is 5.03. The minimum Gasteiger partial charge on any atom is -0.383 e. The molecule has 0 aliphatic heterocycles. The number of aromatic nitrogens is 1. The molecule has 1 aromatic heterocycles. The van der Waals surface area contributed by atoms with Crippen LogP contribution in [0.25, 0.3) is 0 Å². The number of nitrogens with zero attached hydrogens (tertiary/aromatic N) is 2. The lowest BCUT2D eigenvalue weighted by molar-refractivity contribution is 0.202. The third-order valence-electron chi connectivity index (χ3n) is 3.66. The zero-order chi connectivity index (χ0) is 13.8. The third kappa shape index (κ3) is 3.83. The highest BCUT2D eigenvalue weighted by atomic mass is 79.9. The maximum Gasteiger partial charge on any atom is 0.133 e. The van der Waals surface area contributed by atoms with Crippen LogP contribution in [0.15, 0.2) is 16.7 Å². The summed E-state index contributed by atoms with van der Waals surface area (Å²) in [5.74, 6) is 2.25. The van der Waals surface area contributed by atoms with Gasteiger partial charge < -0.3 is 9.64 Å². The summed E-state index contributed by atoms with van der Waals surface area (Å²) in [6.45, 7) is 3.83. The quantitative estimate of drug-likeness (QED) is 0.701. The zero-order valence-corrected chi connectivity index (χ0v) is 13.7. The van der Waals surface area contributed by atoms with Crippen LogP contribution in [0, 0.1) is 5.92 Å². The second-order valence-corrected chi connectivity index (χ2v) is 6.22. The fourth-order valence-corrected chi connectivity index (χ4v) is 2.93. The molecule has 0 radical (unpaired) electrons. The molecule has 106 valence electrons. The van der Waals surface area contributed by atoms with Gasteiger partial charge in [0.05, 0.1) is 12.5 Å². The minimum absolute atomic E-state index is 0.475. The van der Waals surface area contributed by atoms with Crippen LogP contribution in [0.5, 0.6) is 0 Å². The summed E-state index contributed by atoms with van der Waals surface area (Å²) < 4.78 is 6.20. The maximum atomic E-state index is 6.06. The molecular formula is C14H20BrClN2O. The molecule has 0 bridgehead atoms. The van der Waals surface area contributed by atoms with E-state index in [9.17, 15) is 0 Å². The van der Waals surface area contributed by atoms with E-state index in [1.165, 1.54) is 12.8 Å². The smallest absolute Gasteiger partial charge is 0.133 e. The summed E-state index contributed by atoms with van der Waals surface area (Å²) in [4.78, 5) is 6.91. The number of hydrogen-bond donors (Lipinski definition) is 0. The summed E-state index contributed by atoms with van der Waals surface area (Å²) in [6.07, 6.45) is 4.47. The fourth-order valence-electron chi connectivity index (χ4n) is 2.36. The van der Waals surface area contributed by atoms with E-state index >= 15 is 0 Å². The molecule has 0 saturated heterocycles. The summed E-state index contributed by atoms with van der Waals surface area (Å²) in [6, 6.07) is 2.54. The van der Waals surface area contributed by atoms with Gasteiger partial charge in [0.1, 0.15) is 5.82 Å². The molecule has 0 spiro atoms. The van der Waals surface area contributed by atoms with Crippen molar-refractivity contribution >= 4 is 33.3 Å². The Bertz CT molecular complexity index is 426. The molecule has 5 heteroatoms. The van der Waals surface area contributed by atoms with Crippen LogP contribution in [0.1, 0.15) is 25.3 Å². The molecule has 0 N–H and O–H groups in total. The average Bonchev–Trinajstić information content (AvgIpc) is 3.24. The first-order valence-electron chi connectivity index (χ1n) is 6.63. The summed E-state index contributed by atoms with van der Waals surface area (Å²) in [7, 11) is 1.73. The van der Waals surface area contributed by atoms with Gasteiger partial charge in [-0.1, -0.05) is 0 Å². The minimum atomic E-state index is 0.475. The molecule has 0 aromatic carbocycles. The van der Waals surface area contributed by atoms with Gasteiger partial charge in [-0.25, -0.2) is 4.98 Å². The molecule has 19 heavy (non-hydrogen) atoms. The van der Waals surface area contributed by atoms with Crippen molar-refractivity contribution in [1.29, 1.82) is 0 Å². The summed E-state index contributed by atoms with van der Waals surface area (Å²) in [5, 5.41) is 0. The van der Waals surface area contributed by atoms with Crippen LogP contribution in [-0.4, -0.2) is 31.3 Å². The number of halogens is 2. The van der Waals surface area contributed by atoms with Gasteiger partial charge in [0.15, 0.2) is 0 Å². The highest BCUT2D eigenvalue weighted by molar-refractivity contribution is 9.10. The van der Waals surface area contributed by atoms with Crippen LogP contribution in [0.4, 0.5) is 5.82 Å². The first-order valence-corrected chi connectivity index (χ1v) is 7.96. The fraction of sp³-hybridized carbons (Fsp3) is 0.643. The largest absolute Gasteiger partial charge is 0.383 e. The molecule has 1 aromatic rings. The van der Waals surface area contributed by atoms with Crippen molar-refractivity contribution in [2.24, 2.45) is 5.92 Å². The van der Waals surface area contributed by atoms with Crippen molar-refractivity contribution in [3.63, 3.8) is 0 Å². The van der Waals surface area contributed by atoms with E-state index in [-0.39, 0.29) is 0 Å². The molecule has 1 saturated carbocycles. The van der Waals surface area contributed by atoms with E-state index < -0.39 is 0 Å². The molecule has 2 rings (SSSR count). The molecule has 1 unspecified atom stereocenters. The lowest BCUT2D eigenvalue weighted by Crippen LogP contribution is -2.38. The molecule has 1 atom stereocenters. The van der Waals surface area contributed by atoms with Crippen molar-refractivity contribution in [1.82, 2.24) is 4.98 Å². The molecule has 1 aliphatic rings. The Kier molecular flexibility index (Phi) is 5.48. The van der Waals surface area contributed by atoms with Gasteiger partial charge in [-0.3, -0.25) is 0 Å². The Balaban J connectivity index is 2.25. The molecule has 1 heterocycles. The van der Waals surface area contributed by atoms with Crippen molar-refractivity contribution in [3.05, 3.63) is 22.3 Å². The Hall–Kier alpha value is -0.320. The van der Waals surface area contributed by atoms with Crippen LogP contribution < -0.4 is 4.90 Å². The zero-order valence-electron chi connectivity index (χ0n) is 11.4. The topological polar surface area (TPSA) is 25.4 Å². The van der Waals surface area contributed by atoms with E-state index in [0.29, 0.717) is 18.5 Å². The average molecular weight is 348 g/mol. The first kappa shape index (κ1) is 15.1. The van der Waals surface area contributed by atoms with Gasteiger partial charge >= 0.3 is 0 Å². The third-order valence-corrected chi connectivity index (χ3v) is 4.38. The van der Waals surface area contributed by atoms with Gasteiger partial charge in [0, 0.05) is 35.9 Å². The van der Waals surface area contributed by atoms with Crippen LogP contribution in [0.2, 0.25) is 0 Å². The van der Waals surface area contributed by atoms with Gasteiger partial charge in [0.25, 0.3) is 0 Å². The maximum absolute atomic E-state index is 6.06. The van der Waals surface area contributed by atoms with Crippen molar-refractivity contribution in [3.8, 4) is 0 Å². The van der Waals surface area contributed by atoms with Gasteiger partial charge in [-0.15, -0.1) is 11.6 Å².